The van der Waals surface area contributed by atoms with Crippen molar-refractivity contribution in [3.8, 4) is 0 Å². The van der Waals surface area contributed by atoms with Crippen LogP contribution in [0.4, 0.5) is 0 Å². The van der Waals surface area contributed by atoms with Crippen LogP contribution in [-0.4, -0.2) is 12.5 Å². The number of hydrogen-bond donors (Lipinski definition) is 2. The molecule has 1 aromatic carbocycles. The van der Waals surface area contributed by atoms with E-state index in [0.29, 0.717) is 11.8 Å². The lowest BCUT2D eigenvalue weighted by Gasteiger charge is -2.27. The van der Waals surface area contributed by atoms with Crippen LogP contribution in [-0.2, 0) is 11.2 Å². The molecule has 0 bridgehead atoms. The van der Waals surface area contributed by atoms with Crippen molar-refractivity contribution in [3.05, 3.63) is 29.8 Å². The zero-order valence-corrected chi connectivity index (χ0v) is 12.5. The Morgan fingerprint density at radius 2 is 1.89 bits per heavy atom. The van der Waals surface area contributed by atoms with Crippen LogP contribution in [0.3, 0.4) is 0 Å². The molecule has 0 saturated heterocycles. The van der Waals surface area contributed by atoms with E-state index in [-0.39, 0.29) is 5.91 Å². The highest BCUT2D eigenvalue weighted by molar-refractivity contribution is 7.80. The Morgan fingerprint density at radius 3 is 2.47 bits per heavy atom. The molecule has 1 aromatic rings. The summed E-state index contributed by atoms with van der Waals surface area (Å²) in [4.78, 5) is 12.9. The molecule has 19 heavy (non-hydrogen) atoms. The maximum atomic E-state index is 12.0. The Hall–Kier alpha value is -0.960. The maximum Gasteiger partial charge on any atom is 0.224 e. The van der Waals surface area contributed by atoms with Gasteiger partial charge in [-0.2, -0.15) is 0 Å². The monoisotopic (exact) mass is 277 g/mol. The quantitative estimate of drug-likeness (QED) is 0.791. The first-order valence-electron chi connectivity index (χ1n) is 7.18. The third-order valence-corrected chi connectivity index (χ3v) is 4.67. The Morgan fingerprint density at radius 1 is 1.26 bits per heavy atom. The van der Waals surface area contributed by atoms with E-state index in [4.69, 9.17) is 0 Å². The molecular weight excluding hydrogens is 254 g/mol. The molecule has 0 spiro atoms. The van der Waals surface area contributed by atoms with Gasteiger partial charge in [0, 0.05) is 11.4 Å². The van der Waals surface area contributed by atoms with Gasteiger partial charge in [-0.25, -0.2) is 0 Å². The SMILES string of the molecule is CCC1(CNC(=O)Cc2ccc(S)cc2)CCCC1. The fraction of sp³-hybridized carbons (Fsp3) is 0.562. The van der Waals surface area contributed by atoms with Gasteiger partial charge >= 0.3 is 0 Å². The van der Waals surface area contributed by atoms with Gasteiger partial charge in [0.2, 0.25) is 5.91 Å². The van der Waals surface area contributed by atoms with Crippen LogP contribution in [0, 0.1) is 5.41 Å². The van der Waals surface area contributed by atoms with E-state index in [1.807, 2.05) is 24.3 Å². The van der Waals surface area contributed by atoms with E-state index in [1.54, 1.807) is 0 Å². The number of rotatable bonds is 5. The van der Waals surface area contributed by atoms with Crippen LogP contribution in [0.1, 0.15) is 44.6 Å². The number of benzene rings is 1. The molecule has 1 N–H and O–H groups in total. The Labute approximate surface area is 121 Å². The Bertz CT molecular complexity index is 421. The molecule has 1 aliphatic carbocycles. The predicted octanol–water partition coefficient (Wildman–Crippen LogP) is 3.60. The fourth-order valence-corrected chi connectivity index (χ4v) is 3.08. The van der Waals surface area contributed by atoms with Crippen LogP contribution < -0.4 is 5.32 Å². The molecule has 1 amide bonds. The van der Waals surface area contributed by atoms with E-state index >= 15 is 0 Å². The highest BCUT2D eigenvalue weighted by Crippen LogP contribution is 2.40. The van der Waals surface area contributed by atoms with Gasteiger partial charge in [-0.15, -0.1) is 12.6 Å². The molecule has 0 heterocycles. The van der Waals surface area contributed by atoms with Gasteiger partial charge in [0.15, 0.2) is 0 Å². The first-order chi connectivity index (χ1) is 9.13. The van der Waals surface area contributed by atoms with Gasteiger partial charge in [0.25, 0.3) is 0 Å². The molecule has 0 radical (unpaired) electrons. The Balaban J connectivity index is 1.82. The van der Waals surface area contributed by atoms with Gasteiger partial charge < -0.3 is 5.32 Å². The number of hydrogen-bond acceptors (Lipinski definition) is 2. The summed E-state index contributed by atoms with van der Waals surface area (Å²) >= 11 is 4.25. The van der Waals surface area contributed by atoms with E-state index in [2.05, 4.69) is 24.9 Å². The molecule has 0 aliphatic heterocycles. The fourth-order valence-electron chi connectivity index (χ4n) is 2.93. The summed E-state index contributed by atoms with van der Waals surface area (Å²) in [5, 5.41) is 3.12. The molecule has 0 unspecified atom stereocenters. The minimum Gasteiger partial charge on any atom is -0.355 e. The van der Waals surface area contributed by atoms with Crippen LogP contribution in [0.25, 0.3) is 0 Å². The summed E-state index contributed by atoms with van der Waals surface area (Å²) in [5.74, 6) is 0.131. The molecule has 1 aliphatic rings. The lowest BCUT2D eigenvalue weighted by Crippen LogP contribution is -2.36. The zero-order valence-electron chi connectivity index (χ0n) is 11.6. The zero-order chi connectivity index (χ0) is 13.7. The summed E-state index contributed by atoms with van der Waals surface area (Å²) < 4.78 is 0. The minimum absolute atomic E-state index is 0.131. The smallest absolute Gasteiger partial charge is 0.224 e. The number of thiol groups is 1. The average molecular weight is 277 g/mol. The van der Waals surface area contributed by atoms with Gasteiger partial charge in [0.1, 0.15) is 0 Å². The van der Waals surface area contributed by atoms with Gasteiger partial charge in [-0.3, -0.25) is 4.79 Å². The van der Waals surface area contributed by atoms with Crippen molar-refractivity contribution in [1.82, 2.24) is 5.32 Å². The van der Waals surface area contributed by atoms with Gasteiger partial charge in [-0.1, -0.05) is 31.9 Å². The van der Waals surface area contributed by atoms with E-state index in [9.17, 15) is 4.79 Å². The van der Waals surface area contributed by atoms with E-state index < -0.39 is 0 Å². The molecular formula is C16H23NOS. The lowest BCUT2D eigenvalue weighted by atomic mass is 9.83. The average Bonchev–Trinajstić information content (AvgIpc) is 2.89. The topological polar surface area (TPSA) is 29.1 Å². The van der Waals surface area contributed by atoms with Crippen molar-refractivity contribution < 1.29 is 4.79 Å². The van der Waals surface area contributed by atoms with Crippen molar-refractivity contribution in [2.75, 3.05) is 6.54 Å². The third-order valence-electron chi connectivity index (χ3n) is 4.38. The second-order valence-corrected chi connectivity index (χ2v) is 6.20. The van der Waals surface area contributed by atoms with Crippen molar-refractivity contribution in [3.63, 3.8) is 0 Å². The predicted molar refractivity (Wildman–Crippen MR) is 81.6 cm³/mol. The molecule has 1 saturated carbocycles. The number of carbonyl (C=O) groups excluding carboxylic acids is 1. The van der Waals surface area contributed by atoms with Crippen molar-refractivity contribution in [1.29, 1.82) is 0 Å². The van der Waals surface area contributed by atoms with Crippen LogP contribution >= 0.6 is 12.6 Å². The van der Waals surface area contributed by atoms with Gasteiger partial charge in [-0.05, 0) is 42.4 Å². The van der Waals surface area contributed by atoms with Crippen LogP contribution in [0.2, 0.25) is 0 Å². The molecule has 3 heteroatoms. The summed E-state index contributed by atoms with van der Waals surface area (Å²) in [6.07, 6.45) is 6.78. The first kappa shape index (κ1) is 14.4. The van der Waals surface area contributed by atoms with Crippen molar-refractivity contribution in [2.45, 2.75) is 50.3 Å². The number of amides is 1. The van der Waals surface area contributed by atoms with Gasteiger partial charge in [0.05, 0.1) is 6.42 Å². The summed E-state index contributed by atoms with van der Waals surface area (Å²) in [6.45, 7) is 3.08. The molecule has 104 valence electrons. The van der Waals surface area contributed by atoms with Crippen LogP contribution in [0.15, 0.2) is 29.2 Å². The third kappa shape index (κ3) is 4.00. The summed E-state index contributed by atoms with van der Waals surface area (Å²) in [5.41, 5.74) is 1.41. The van der Waals surface area contributed by atoms with E-state index in [0.717, 1.165) is 17.0 Å². The largest absolute Gasteiger partial charge is 0.355 e. The minimum atomic E-state index is 0.131. The molecule has 2 rings (SSSR count). The first-order valence-corrected chi connectivity index (χ1v) is 7.63. The standard InChI is InChI=1S/C16H23NOS/c1-2-16(9-3-4-10-16)12-17-15(18)11-13-5-7-14(19)8-6-13/h5-8,19H,2-4,9-12H2,1H3,(H,17,18). The second-order valence-electron chi connectivity index (χ2n) is 5.68. The highest BCUT2D eigenvalue weighted by Gasteiger charge is 2.32. The summed E-state index contributed by atoms with van der Waals surface area (Å²) in [7, 11) is 0. The molecule has 0 atom stereocenters. The molecule has 1 fully saturated rings. The van der Waals surface area contributed by atoms with Crippen LogP contribution in [0.5, 0.6) is 0 Å². The van der Waals surface area contributed by atoms with Crippen molar-refractivity contribution >= 4 is 18.5 Å². The van der Waals surface area contributed by atoms with E-state index in [1.165, 1.54) is 32.1 Å². The normalized spacial score (nSPS) is 17.4. The molecule has 2 nitrogen and oxygen atoms in total. The second kappa shape index (κ2) is 6.47. The summed E-state index contributed by atoms with van der Waals surface area (Å²) in [6, 6.07) is 7.78. The number of carbonyl (C=O) groups is 1. The Kier molecular flexibility index (Phi) is 4.92. The highest BCUT2D eigenvalue weighted by atomic mass is 32.1. The maximum absolute atomic E-state index is 12.0. The van der Waals surface area contributed by atoms with Crippen molar-refractivity contribution in [2.24, 2.45) is 5.41 Å². The number of nitrogens with one attached hydrogen (secondary N) is 1. The molecule has 0 aromatic heterocycles. The lowest BCUT2D eigenvalue weighted by molar-refractivity contribution is -0.121.